The van der Waals surface area contributed by atoms with Crippen molar-refractivity contribution in [1.29, 1.82) is 0 Å². The molecule has 0 rings (SSSR count). The molecule has 0 aromatic rings. The van der Waals surface area contributed by atoms with E-state index in [1.807, 2.05) is 0 Å². The Balaban J connectivity index is 4.13. The summed E-state index contributed by atoms with van der Waals surface area (Å²) in [5.74, 6) is -6.65. The van der Waals surface area contributed by atoms with Gasteiger partial charge in [0.1, 0.15) is 6.04 Å². The van der Waals surface area contributed by atoms with Crippen molar-refractivity contribution in [2.24, 2.45) is 0 Å². The largest absolute Gasteiger partial charge is 0.477 e. The molecule has 0 heterocycles. The van der Waals surface area contributed by atoms with Gasteiger partial charge in [-0.15, -0.1) is 0 Å². The maximum absolute atomic E-state index is 12.3. The molecule has 0 saturated carbocycles. The number of hydrogen-bond acceptors (Lipinski definition) is 2. The Kier molecular flexibility index (Phi) is 3.81. The zero-order valence-corrected chi connectivity index (χ0v) is 7.03. The van der Waals surface area contributed by atoms with Crippen molar-refractivity contribution in [3.05, 3.63) is 0 Å². The zero-order chi connectivity index (χ0) is 11.6. The molecule has 0 saturated heterocycles. The minimum Gasteiger partial charge on any atom is -0.477 e. The van der Waals surface area contributed by atoms with Gasteiger partial charge in [-0.25, -0.2) is 4.79 Å². The molecule has 0 radical (unpaired) electrons. The molecule has 0 amide bonds. The normalized spacial score (nSPS) is 15.3. The highest BCUT2D eigenvalue weighted by Gasteiger charge is 2.42. The molecule has 2 N–H and O–H groups in total. The Hall–Kier alpha value is -0.920. The first-order valence-electron chi connectivity index (χ1n) is 3.48. The molecule has 1 atom stereocenters. The molecule has 8 heteroatoms. The molecule has 0 aliphatic heterocycles. The topological polar surface area (TPSA) is 49.3 Å². The van der Waals surface area contributed by atoms with Crippen LogP contribution in [-0.4, -0.2) is 35.8 Å². The second-order valence-corrected chi connectivity index (χ2v) is 2.65. The fraction of sp³-hybridized carbons (Fsp3) is 0.833. The van der Waals surface area contributed by atoms with Gasteiger partial charge in [0.25, 0.3) is 0 Å². The number of alkyl halides is 5. The summed E-state index contributed by atoms with van der Waals surface area (Å²) in [6.45, 7) is -0.930. The van der Waals surface area contributed by atoms with Gasteiger partial charge >= 0.3 is 18.1 Å². The van der Waals surface area contributed by atoms with E-state index in [2.05, 4.69) is 0 Å². The summed E-state index contributed by atoms with van der Waals surface area (Å²) in [5.41, 5.74) is 0. The molecule has 14 heavy (non-hydrogen) atoms. The Morgan fingerprint density at radius 1 is 1.36 bits per heavy atom. The highest BCUT2D eigenvalue weighted by atomic mass is 19.4. The second kappa shape index (κ2) is 4.07. The lowest BCUT2D eigenvalue weighted by Crippen LogP contribution is -2.47. The van der Waals surface area contributed by atoms with Crippen LogP contribution in [-0.2, 0) is 4.79 Å². The fourth-order valence-corrected chi connectivity index (χ4v) is 0.473. The van der Waals surface area contributed by atoms with Gasteiger partial charge in [-0.1, -0.05) is 0 Å². The van der Waals surface area contributed by atoms with E-state index in [4.69, 9.17) is 5.11 Å². The summed E-state index contributed by atoms with van der Waals surface area (Å²) >= 11 is 0. The van der Waals surface area contributed by atoms with Crippen LogP contribution in [0.5, 0.6) is 0 Å². The van der Waals surface area contributed by atoms with Crippen LogP contribution in [0.2, 0.25) is 0 Å². The molecule has 0 aliphatic rings. The Labute approximate surface area is 75.9 Å². The Bertz CT molecular complexity index is 215. The Morgan fingerprint density at radius 3 is 2.07 bits per heavy atom. The first-order valence-corrected chi connectivity index (χ1v) is 3.48. The molecular weight excluding hydrogens is 213 g/mol. The molecule has 0 spiro atoms. The van der Waals surface area contributed by atoms with Crippen molar-refractivity contribution < 1.29 is 31.9 Å². The maximum Gasteiger partial charge on any atom is 0.403 e. The average molecular weight is 221 g/mol. The molecule has 1 unspecified atom stereocenters. The lowest BCUT2D eigenvalue weighted by atomic mass is 10.3. The minimum absolute atomic E-state index is 0.623. The first-order chi connectivity index (χ1) is 6.07. The third kappa shape index (κ3) is 3.86. The lowest BCUT2D eigenvalue weighted by molar-refractivity contribution is -0.170. The summed E-state index contributed by atoms with van der Waals surface area (Å²) in [7, 11) is 0. The summed E-state index contributed by atoms with van der Waals surface area (Å²) < 4.78 is 59.8. The van der Waals surface area contributed by atoms with Crippen molar-refractivity contribution in [2.75, 3.05) is 6.54 Å². The molecular formula is C6H8F5NO2. The molecule has 0 aliphatic carbocycles. The van der Waals surface area contributed by atoms with Crippen molar-refractivity contribution in [1.82, 2.24) is 5.32 Å². The molecule has 3 nitrogen and oxygen atoms in total. The number of carboxylic acids is 1. The molecule has 0 fully saturated rings. The number of nitrogens with one attached hydrogen (secondary N) is 1. The maximum atomic E-state index is 12.3. The Morgan fingerprint density at radius 2 is 1.79 bits per heavy atom. The smallest absolute Gasteiger partial charge is 0.403 e. The predicted molar refractivity (Wildman–Crippen MR) is 36.1 cm³/mol. The average Bonchev–Trinajstić information content (AvgIpc) is 1.98. The van der Waals surface area contributed by atoms with Crippen LogP contribution in [0.3, 0.4) is 0 Å². The highest BCUT2D eigenvalue weighted by Crippen LogP contribution is 2.20. The van der Waals surface area contributed by atoms with E-state index in [0.717, 1.165) is 0 Å². The number of halogens is 5. The molecule has 0 bridgehead atoms. The predicted octanol–water partition coefficient (Wildman–Crippen LogP) is 1.25. The van der Waals surface area contributed by atoms with Crippen molar-refractivity contribution >= 4 is 5.97 Å². The molecule has 84 valence electrons. The van der Waals surface area contributed by atoms with Gasteiger partial charge < -0.3 is 10.4 Å². The third-order valence-corrected chi connectivity index (χ3v) is 1.43. The van der Waals surface area contributed by atoms with Crippen LogP contribution in [0, 0.1) is 0 Å². The quantitative estimate of drug-likeness (QED) is 0.702. The van der Waals surface area contributed by atoms with Crippen LogP contribution in [0.25, 0.3) is 0 Å². The van der Waals surface area contributed by atoms with Crippen LogP contribution in [0.15, 0.2) is 0 Å². The second-order valence-electron chi connectivity index (χ2n) is 2.65. The number of carboxylic acid groups (broad SMARTS) is 1. The third-order valence-electron chi connectivity index (χ3n) is 1.43. The van der Waals surface area contributed by atoms with Crippen LogP contribution >= 0.6 is 0 Å². The number of rotatable bonds is 4. The number of hydrogen-bond donors (Lipinski definition) is 2. The van der Waals surface area contributed by atoms with E-state index in [1.54, 1.807) is 0 Å². The van der Waals surface area contributed by atoms with E-state index in [0.29, 0.717) is 6.92 Å². The fourth-order valence-electron chi connectivity index (χ4n) is 0.473. The number of carbonyl (C=O) groups is 1. The van der Waals surface area contributed by atoms with Gasteiger partial charge in [0.15, 0.2) is 0 Å². The lowest BCUT2D eigenvalue weighted by Gasteiger charge is -2.19. The van der Waals surface area contributed by atoms with Crippen LogP contribution < -0.4 is 5.32 Å². The van der Waals surface area contributed by atoms with Crippen molar-refractivity contribution in [3.63, 3.8) is 0 Å². The van der Waals surface area contributed by atoms with Gasteiger partial charge in [-0.3, -0.25) is 0 Å². The van der Waals surface area contributed by atoms with Gasteiger partial charge in [-0.2, -0.15) is 22.0 Å². The van der Waals surface area contributed by atoms with Gasteiger partial charge in [0.2, 0.25) is 0 Å². The minimum atomic E-state index is -4.67. The summed E-state index contributed by atoms with van der Waals surface area (Å²) in [4.78, 5) is 9.81. The SMILES string of the molecule is CC(NCC(F)(F)C(=O)O)C(F)(F)F. The summed E-state index contributed by atoms with van der Waals surface area (Å²) in [5, 5.41) is 9.27. The monoisotopic (exact) mass is 221 g/mol. The molecule has 0 aromatic carbocycles. The molecule has 0 aromatic heterocycles. The van der Waals surface area contributed by atoms with Gasteiger partial charge in [0.05, 0.1) is 6.54 Å². The van der Waals surface area contributed by atoms with E-state index in [9.17, 15) is 26.7 Å². The van der Waals surface area contributed by atoms with E-state index in [1.165, 1.54) is 5.32 Å². The standard InChI is InChI=1S/C6H8F5NO2/c1-3(6(9,10)11)12-2-5(7,8)4(13)14/h3,12H,2H2,1H3,(H,13,14). The van der Waals surface area contributed by atoms with Gasteiger partial charge in [0, 0.05) is 0 Å². The van der Waals surface area contributed by atoms with E-state index in [-0.39, 0.29) is 0 Å². The number of aliphatic carboxylic acids is 1. The van der Waals surface area contributed by atoms with Crippen molar-refractivity contribution in [2.45, 2.75) is 25.1 Å². The van der Waals surface area contributed by atoms with E-state index >= 15 is 0 Å². The zero-order valence-electron chi connectivity index (χ0n) is 7.03. The van der Waals surface area contributed by atoms with Gasteiger partial charge in [-0.05, 0) is 6.92 Å². The van der Waals surface area contributed by atoms with Crippen LogP contribution in [0.1, 0.15) is 6.92 Å². The summed E-state index contributed by atoms with van der Waals surface area (Å²) in [6, 6.07) is -2.17. The van der Waals surface area contributed by atoms with Crippen molar-refractivity contribution in [3.8, 4) is 0 Å². The van der Waals surface area contributed by atoms with E-state index < -0.39 is 30.7 Å². The first kappa shape index (κ1) is 13.1. The highest BCUT2D eigenvalue weighted by molar-refractivity contribution is 5.75. The van der Waals surface area contributed by atoms with Crippen LogP contribution in [0.4, 0.5) is 22.0 Å². The summed E-state index contributed by atoms with van der Waals surface area (Å²) in [6.07, 6.45) is -4.67.